The van der Waals surface area contributed by atoms with Gasteiger partial charge in [-0.25, -0.2) is 0 Å². The minimum absolute atomic E-state index is 1.01. The predicted molar refractivity (Wildman–Crippen MR) is 290 cm³/mol. The van der Waals surface area contributed by atoms with Crippen molar-refractivity contribution in [2.24, 2.45) is 0 Å². The second-order valence-corrected chi connectivity index (χ2v) is 15.9. The summed E-state index contributed by atoms with van der Waals surface area (Å²) in [6.45, 7) is 10.3. The van der Waals surface area contributed by atoms with Crippen molar-refractivity contribution in [1.82, 2.24) is 0 Å². The maximum atomic E-state index is 3.81. The number of rotatable bonds is 14. The van der Waals surface area contributed by atoms with Gasteiger partial charge >= 0.3 is 0 Å². The quantitative estimate of drug-likeness (QED) is 0.107. The Hall–Kier alpha value is -8.34. The van der Waals surface area contributed by atoms with Gasteiger partial charge in [0.25, 0.3) is 0 Å². The molecule has 330 valence electrons. The summed E-state index contributed by atoms with van der Waals surface area (Å²) in [5, 5.41) is 7.57. The first-order valence-electron chi connectivity index (χ1n) is 23.2. The van der Waals surface area contributed by atoms with E-state index in [0.717, 1.165) is 90.3 Å². The van der Waals surface area contributed by atoms with E-state index in [4.69, 9.17) is 0 Å². The van der Waals surface area contributed by atoms with Crippen molar-refractivity contribution in [1.29, 1.82) is 0 Å². The summed E-state index contributed by atoms with van der Waals surface area (Å²) >= 11 is 0. The van der Waals surface area contributed by atoms with Gasteiger partial charge in [-0.1, -0.05) is 159 Å². The summed E-state index contributed by atoms with van der Waals surface area (Å²) in [5.74, 6) is 0. The Morgan fingerprint density at radius 1 is 0.388 bits per heavy atom. The second-order valence-electron chi connectivity index (χ2n) is 15.9. The Balaban J connectivity index is 0.00000300. The first-order chi connectivity index (χ1) is 33.1. The molecular formula is C63H58N4. The standard InChI is InChI=1S/C61H52N4.C2H6/c1-4-19-51(5-2)64(52-21-9-6-10-22-52)55-41-34-48(35-42-55)49-36-43-61(58(44-49)57-27-16-18-29-60(57)63-59-28-17-15-20-45(59)3)62-50-37-30-46(31-38-50)47-32-39-56(40-33-47)65(53-23-11-7-12-24-53)54-25-13-8-14-26-54;1-2/h4-44,62-63H,1-3H3;1-2H3/b19-4-,51-5+;. The maximum Gasteiger partial charge on any atom is 0.0465 e. The van der Waals surface area contributed by atoms with Crippen molar-refractivity contribution < 1.29 is 0 Å². The zero-order chi connectivity index (χ0) is 46.4. The Morgan fingerprint density at radius 3 is 1.39 bits per heavy atom. The van der Waals surface area contributed by atoms with Crippen LogP contribution in [-0.2, 0) is 0 Å². The van der Waals surface area contributed by atoms with Gasteiger partial charge in [0.15, 0.2) is 0 Å². The fourth-order valence-electron chi connectivity index (χ4n) is 8.34. The zero-order valence-corrected chi connectivity index (χ0v) is 39.1. The molecule has 4 nitrogen and oxygen atoms in total. The van der Waals surface area contributed by atoms with Crippen LogP contribution in [0.4, 0.5) is 51.2 Å². The van der Waals surface area contributed by atoms with E-state index in [-0.39, 0.29) is 0 Å². The normalized spacial score (nSPS) is 11.1. The molecule has 0 atom stereocenters. The first-order valence-corrected chi connectivity index (χ1v) is 23.2. The molecule has 0 heterocycles. The minimum atomic E-state index is 1.01. The molecule has 9 rings (SSSR count). The van der Waals surface area contributed by atoms with E-state index in [9.17, 15) is 0 Å². The molecule has 2 N–H and O–H groups in total. The molecule has 4 heteroatoms. The SMILES string of the molecule is C/C=C\C(=C/C)N(c1ccccc1)c1ccc(-c2ccc(Nc3ccc(-c4ccc(N(c5ccccc5)c5ccccc5)cc4)cc3)c(-c3ccccc3Nc3ccccc3C)c2)cc1.CC. The predicted octanol–water partition coefficient (Wildman–Crippen LogP) is 18.6. The summed E-state index contributed by atoms with van der Waals surface area (Å²) in [7, 11) is 0. The third-order valence-electron chi connectivity index (χ3n) is 11.7. The van der Waals surface area contributed by atoms with E-state index in [1.165, 1.54) is 5.56 Å². The zero-order valence-electron chi connectivity index (χ0n) is 39.1. The molecule has 0 aliphatic rings. The highest BCUT2D eigenvalue weighted by atomic mass is 15.1. The highest BCUT2D eigenvalue weighted by Crippen LogP contribution is 2.41. The average molecular weight is 871 g/mol. The maximum absolute atomic E-state index is 3.81. The van der Waals surface area contributed by atoms with Crippen LogP contribution in [0.15, 0.2) is 254 Å². The van der Waals surface area contributed by atoms with Crippen molar-refractivity contribution in [3.05, 3.63) is 260 Å². The van der Waals surface area contributed by atoms with Gasteiger partial charge in [0.2, 0.25) is 0 Å². The Kier molecular flexibility index (Phi) is 14.9. The van der Waals surface area contributed by atoms with E-state index < -0.39 is 0 Å². The number of benzene rings is 9. The second kappa shape index (κ2) is 22.0. The smallest absolute Gasteiger partial charge is 0.0465 e. The first kappa shape index (κ1) is 45.2. The third kappa shape index (κ3) is 10.6. The number of para-hydroxylation sites is 5. The summed E-state index contributed by atoms with van der Waals surface area (Å²) in [4.78, 5) is 4.58. The fraction of sp³-hybridized carbons (Fsp3) is 0.0794. The Labute approximate surface area is 397 Å². The van der Waals surface area contributed by atoms with Gasteiger partial charge in [-0.15, -0.1) is 0 Å². The van der Waals surface area contributed by atoms with Gasteiger partial charge in [-0.05, 0) is 152 Å². The minimum Gasteiger partial charge on any atom is -0.355 e. The van der Waals surface area contributed by atoms with Gasteiger partial charge in [0.1, 0.15) is 0 Å². The molecule has 0 radical (unpaired) electrons. The van der Waals surface area contributed by atoms with Crippen molar-refractivity contribution in [3.63, 3.8) is 0 Å². The molecule has 0 aromatic heterocycles. The number of hydrogen-bond acceptors (Lipinski definition) is 4. The lowest BCUT2D eigenvalue weighted by atomic mass is 9.95. The van der Waals surface area contributed by atoms with E-state index in [1.807, 2.05) is 13.8 Å². The Bertz CT molecular complexity index is 2990. The molecule has 0 aliphatic heterocycles. The highest BCUT2D eigenvalue weighted by molar-refractivity contribution is 5.92. The molecular weight excluding hydrogens is 813 g/mol. The van der Waals surface area contributed by atoms with Gasteiger partial charge in [0, 0.05) is 68.0 Å². The number of allylic oxidation sites excluding steroid dienone is 3. The lowest BCUT2D eigenvalue weighted by Crippen LogP contribution is -2.14. The molecule has 67 heavy (non-hydrogen) atoms. The van der Waals surface area contributed by atoms with Crippen molar-refractivity contribution in [3.8, 4) is 33.4 Å². The highest BCUT2D eigenvalue weighted by Gasteiger charge is 2.17. The van der Waals surface area contributed by atoms with Crippen LogP contribution in [0.1, 0.15) is 33.3 Å². The summed E-state index contributed by atoms with van der Waals surface area (Å²) in [6.07, 6.45) is 6.39. The monoisotopic (exact) mass is 870 g/mol. The number of anilines is 9. The van der Waals surface area contributed by atoms with Crippen molar-refractivity contribution in [2.45, 2.75) is 34.6 Å². The summed E-state index contributed by atoms with van der Waals surface area (Å²) < 4.78 is 0. The number of nitrogens with one attached hydrogen (secondary N) is 2. The molecule has 0 saturated heterocycles. The lowest BCUT2D eigenvalue weighted by Gasteiger charge is -2.26. The topological polar surface area (TPSA) is 30.5 Å². The van der Waals surface area contributed by atoms with Crippen molar-refractivity contribution >= 4 is 51.2 Å². The van der Waals surface area contributed by atoms with Crippen LogP contribution in [0.3, 0.4) is 0 Å². The van der Waals surface area contributed by atoms with Crippen LogP contribution in [0.5, 0.6) is 0 Å². The van der Waals surface area contributed by atoms with Crippen LogP contribution in [0.2, 0.25) is 0 Å². The van der Waals surface area contributed by atoms with E-state index >= 15 is 0 Å². The number of hydrogen-bond donors (Lipinski definition) is 2. The molecule has 0 aliphatic carbocycles. The molecule has 0 amide bonds. The van der Waals surface area contributed by atoms with Gasteiger partial charge < -0.3 is 20.4 Å². The average Bonchev–Trinajstić information content (AvgIpc) is 3.39. The van der Waals surface area contributed by atoms with E-state index in [2.05, 4.69) is 290 Å². The Morgan fingerprint density at radius 2 is 0.821 bits per heavy atom. The lowest BCUT2D eigenvalue weighted by molar-refractivity contribution is 1.20. The van der Waals surface area contributed by atoms with Crippen molar-refractivity contribution in [2.75, 3.05) is 20.4 Å². The van der Waals surface area contributed by atoms with E-state index in [1.54, 1.807) is 0 Å². The number of aryl methyl sites for hydroxylation is 1. The number of nitrogens with zero attached hydrogens (tertiary/aromatic N) is 2. The molecule has 0 saturated carbocycles. The van der Waals surface area contributed by atoms with Crippen LogP contribution >= 0.6 is 0 Å². The van der Waals surface area contributed by atoms with Crippen LogP contribution in [0.25, 0.3) is 33.4 Å². The largest absolute Gasteiger partial charge is 0.355 e. The van der Waals surface area contributed by atoms with Gasteiger partial charge in [0.05, 0.1) is 0 Å². The van der Waals surface area contributed by atoms with Crippen LogP contribution in [-0.4, -0.2) is 0 Å². The van der Waals surface area contributed by atoms with Crippen LogP contribution in [0, 0.1) is 6.92 Å². The molecule has 9 aromatic carbocycles. The van der Waals surface area contributed by atoms with E-state index in [0.29, 0.717) is 0 Å². The van der Waals surface area contributed by atoms with Gasteiger partial charge in [-0.3, -0.25) is 0 Å². The molecule has 0 unspecified atom stereocenters. The summed E-state index contributed by atoms with van der Waals surface area (Å²) in [6, 6.07) is 81.7. The molecule has 9 aromatic rings. The third-order valence-corrected chi connectivity index (χ3v) is 11.7. The summed E-state index contributed by atoms with van der Waals surface area (Å²) in [5.41, 5.74) is 18.8. The molecule has 0 fully saturated rings. The van der Waals surface area contributed by atoms with Crippen LogP contribution < -0.4 is 20.4 Å². The van der Waals surface area contributed by atoms with Gasteiger partial charge in [-0.2, -0.15) is 0 Å². The fourth-order valence-corrected chi connectivity index (χ4v) is 8.34. The molecule has 0 bridgehead atoms. The molecule has 0 spiro atoms.